The van der Waals surface area contributed by atoms with Crippen molar-refractivity contribution in [2.45, 2.75) is 232 Å². The van der Waals surface area contributed by atoms with Crippen LogP contribution in [0.25, 0.3) is 0 Å². The number of hydrogen-bond donors (Lipinski definition) is 0. The molecule has 0 aliphatic carbocycles. The van der Waals surface area contributed by atoms with Crippen molar-refractivity contribution in [1.29, 1.82) is 0 Å². The lowest BCUT2D eigenvalue weighted by Crippen LogP contribution is -2.30. The van der Waals surface area contributed by atoms with E-state index in [9.17, 15) is 9.59 Å². The molecule has 5 heteroatoms. The summed E-state index contributed by atoms with van der Waals surface area (Å²) in [6.45, 7) is 7.50. The Balaban J connectivity index is 4.35. The summed E-state index contributed by atoms with van der Waals surface area (Å²) < 4.78 is 17.4. The van der Waals surface area contributed by atoms with Gasteiger partial charge < -0.3 is 14.2 Å². The lowest BCUT2D eigenvalue weighted by Gasteiger charge is -2.18. The molecule has 64 heavy (non-hydrogen) atoms. The van der Waals surface area contributed by atoms with Crippen molar-refractivity contribution in [1.82, 2.24) is 0 Å². The fraction of sp³-hybridized carbons (Fsp3) is 0.661. The molecule has 0 saturated heterocycles. The summed E-state index contributed by atoms with van der Waals surface area (Å²) in [6.07, 6.45) is 73.9. The summed E-state index contributed by atoms with van der Waals surface area (Å²) in [6, 6.07) is 0. The predicted molar refractivity (Wildman–Crippen MR) is 279 cm³/mol. The first kappa shape index (κ1) is 60.6. The fourth-order valence-electron chi connectivity index (χ4n) is 6.90. The topological polar surface area (TPSA) is 61.8 Å². The number of hydrogen-bond acceptors (Lipinski definition) is 5. The van der Waals surface area contributed by atoms with E-state index >= 15 is 0 Å². The number of unbranched alkanes of at least 4 members (excludes halogenated alkanes) is 18. The van der Waals surface area contributed by atoms with Crippen molar-refractivity contribution in [3.63, 3.8) is 0 Å². The Bertz CT molecular complexity index is 1280. The Labute approximate surface area is 395 Å². The van der Waals surface area contributed by atoms with Crippen LogP contribution in [0, 0.1) is 0 Å². The third kappa shape index (κ3) is 51.2. The second-order valence-electron chi connectivity index (χ2n) is 17.0. The number of ether oxygens (including phenoxy) is 3. The molecule has 0 amide bonds. The molecule has 0 N–H and O–H groups in total. The van der Waals surface area contributed by atoms with Gasteiger partial charge in [-0.05, 0) is 122 Å². The summed E-state index contributed by atoms with van der Waals surface area (Å²) in [5, 5.41) is 0. The molecule has 0 aromatic heterocycles. The quantitative estimate of drug-likeness (QED) is 0.0346. The minimum absolute atomic E-state index is 0.0540. The van der Waals surface area contributed by atoms with E-state index in [0.29, 0.717) is 19.4 Å². The van der Waals surface area contributed by atoms with Crippen molar-refractivity contribution in [2.24, 2.45) is 0 Å². The molecular formula is C59H98O5. The fourth-order valence-corrected chi connectivity index (χ4v) is 6.90. The summed E-state index contributed by atoms with van der Waals surface area (Å²) in [5.41, 5.74) is 0. The van der Waals surface area contributed by atoms with Gasteiger partial charge in [0.25, 0.3) is 0 Å². The van der Waals surface area contributed by atoms with E-state index in [1.807, 2.05) is 0 Å². The molecule has 0 radical (unpaired) electrons. The summed E-state index contributed by atoms with van der Waals surface area (Å²) in [5.74, 6) is -0.461. The molecule has 0 saturated carbocycles. The van der Waals surface area contributed by atoms with Crippen LogP contribution < -0.4 is 0 Å². The summed E-state index contributed by atoms with van der Waals surface area (Å²) in [7, 11) is 0. The molecule has 0 aliphatic heterocycles. The lowest BCUT2D eigenvalue weighted by molar-refractivity contribution is -0.163. The van der Waals surface area contributed by atoms with E-state index in [1.54, 1.807) is 0 Å². The molecule has 5 nitrogen and oxygen atoms in total. The highest BCUT2D eigenvalue weighted by Crippen LogP contribution is 2.12. The van der Waals surface area contributed by atoms with Gasteiger partial charge in [0.05, 0.1) is 6.61 Å². The number of rotatable bonds is 47. The lowest BCUT2D eigenvalue weighted by atomic mass is 10.1. The van der Waals surface area contributed by atoms with Gasteiger partial charge in [-0.2, -0.15) is 0 Å². The van der Waals surface area contributed by atoms with E-state index < -0.39 is 6.10 Å². The minimum Gasteiger partial charge on any atom is -0.462 e. The molecule has 0 aliphatic rings. The minimum atomic E-state index is -0.571. The zero-order valence-electron chi connectivity index (χ0n) is 41.8. The first-order chi connectivity index (χ1) is 31.6. The van der Waals surface area contributed by atoms with E-state index in [1.165, 1.54) is 77.0 Å². The van der Waals surface area contributed by atoms with Crippen molar-refractivity contribution in [2.75, 3.05) is 19.8 Å². The molecule has 364 valence electrons. The Morgan fingerprint density at radius 3 is 1.14 bits per heavy atom. The maximum absolute atomic E-state index is 12.8. The third-order valence-electron chi connectivity index (χ3n) is 10.8. The van der Waals surface area contributed by atoms with Gasteiger partial charge in [0, 0.05) is 19.4 Å². The Morgan fingerprint density at radius 1 is 0.359 bits per heavy atom. The average molecular weight is 887 g/mol. The maximum Gasteiger partial charge on any atom is 0.306 e. The van der Waals surface area contributed by atoms with Crippen molar-refractivity contribution in [3.8, 4) is 0 Å². The van der Waals surface area contributed by atoms with Crippen LogP contribution in [0.3, 0.4) is 0 Å². The first-order valence-corrected chi connectivity index (χ1v) is 26.4. The zero-order chi connectivity index (χ0) is 46.3. The molecule has 0 aromatic carbocycles. The standard InChI is InChI=1S/C59H98O5/c1-4-7-10-13-16-19-22-25-27-28-29-30-31-33-36-39-42-45-48-51-54-62-55-57(64-59(61)53-50-47-44-41-38-34-24-21-18-15-12-9-6-3)56-63-58(60)52-49-46-43-40-37-35-32-26-23-20-17-14-11-8-5-2/h8-9,11-12,16-21,25-27,29-30,32,34,38,57H,4-7,10,13-15,22-24,28,31,33,35-37,39-56H2,1-3H3/b11-8-,12-9-,19-16-,20-17-,21-18-,27-25-,30-29-,32-26-,38-34-. The van der Waals surface area contributed by atoms with E-state index in [2.05, 4.69) is 130 Å². The van der Waals surface area contributed by atoms with Gasteiger partial charge in [-0.25, -0.2) is 0 Å². The highest BCUT2D eigenvalue weighted by Gasteiger charge is 2.17. The normalized spacial score (nSPS) is 13.1. The van der Waals surface area contributed by atoms with Crippen LogP contribution >= 0.6 is 0 Å². The van der Waals surface area contributed by atoms with Crippen LogP contribution in [0.1, 0.15) is 226 Å². The Kier molecular flexibility index (Phi) is 51.0. The van der Waals surface area contributed by atoms with E-state index in [0.717, 1.165) is 116 Å². The van der Waals surface area contributed by atoms with Gasteiger partial charge in [0.2, 0.25) is 0 Å². The van der Waals surface area contributed by atoms with Crippen LogP contribution in [0.2, 0.25) is 0 Å². The highest BCUT2D eigenvalue weighted by atomic mass is 16.6. The number of carbonyl (C=O) groups excluding carboxylic acids is 2. The molecule has 0 aromatic rings. The molecule has 0 heterocycles. The number of esters is 2. The van der Waals surface area contributed by atoms with Gasteiger partial charge in [-0.15, -0.1) is 0 Å². The van der Waals surface area contributed by atoms with Crippen molar-refractivity contribution >= 4 is 11.9 Å². The second kappa shape index (κ2) is 53.9. The van der Waals surface area contributed by atoms with E-state index in [4.69, 9.17) is 14.2 Å². The highest BCUT2D eigenvalue weighted by molar-refractivity contribution is 5.70. The molecule has 0 spiro atoms. The van der Waals surface area contributed by atoms with Gasteiger partial charge in [-0.3, -0.25) is 9.59 Å². The van der Waals surface area contributed by atoms with Gasteiger partial charge in [0.1, 0.15) is 6.61 Å². The molecule has 0 bridgehead atoms. The number of carbonyl (C=O) groups is 2. The van der Waals surface area contributed by atoms with Gasteiger partial charge >= 0.3 is 11.9 Å². The third-order valence-corrected chi connectivity index (χ3v) is 10.8. The number of allylic oxidation sites excluding steroid dienone is 18. The Morgan fingerprint density at radius 2 is 0.703 bits per heavy atom. The summed E-state index contributed by atoms with van der Waals surface area (Å²) in [4.78, 5) is 25.4. The average Bonchev–Trinajstić information content (AvgIpc) is 3.30. The van der Waals surface area contributed by atoms with Crippen molar-refractivity contribution in [3.05, 3.63) is 109 Å². The molecule has 1 unspecified atom stereocenters. The van der Waals surface area contributed by atoms with Crippen molar-refractivity contribution < 1.29 is 23.8 Å². The van der Waals surface area contributed by atoms with Crippen LogP contribution in [-0.4, -0.2) is 37.9 Å². The first-order valence-electron chi connectivity index (χ1n) is 26.4. The van der Waals surface area contributed by atoms with Gasteiger partial charge in [0.15, 0.2) is 6.10 Å². The smallest absolute Gasteiger partial charge is 0.306 e. The SMILES string of the molecule is CC/C=C\C/C=C\C/C=C\CCCCCCCC(=O)OCC(COCCCCCCCCC/C=C\C/C=C\C/C=C\CCCCC)OC(=O)CCCCC/C=C\C/C=C\C/C=C\CC. The van der Waals surface area contributed by atoms with Gasteiger partial charge in [-0.1, -0.05) is 201 Å². The summed E-state index contributed by atoms with van der Waals surface area (Å²) >= 11 is 0. The second-order valence-corrected chi connectivity index (χ2v) is 17.0. The van der Waals surface area contributed by atoms with Crippen LogP contribution in [-0.2, 0) is 23.8 Å². The maximum atomic E-state index is 12.8. The van der Waals surface area contributed by atoms with E-state index in [-0.39, 0.29) is 25.2 Å². The molecule has 1 atom stereocenters. The zero-order valence-corrected chi connectivity index (χ0v) is 41.8. The predicted octanol–water partition coefficient (Wildman–Crippen LogP) is 18.0. The largest absolute Gasteiger partial charge is 0.462 e. The van der Waals surface area contributed by atoms with Crippen LogP contribution in [0.5, 0.6) is 0 Å². The monoisotopic (exact) mass is 887 g/mol. The Hall–Kier alpha value is -3.44. The molecular weight excluding hydrogens is 789 g/mol. The van der Waals surface area contributed by atoms with Crippen LogP contribution in [0.4, 0.5) is 0 Å². The molecule has 0 rings (SSSR count). The van der Waals surface area contributed by atoms with Crippen LogP contribution in [0.15, 0.2) is 109 Å². The molecule has 0 fully saturated rings.